The average Bonchev–Trinajstić information content (AvgIpc) is 2.36. The van der Waals surface area contributed by atoms with E-state index in [0.717, 1.165) is 11.4 Å². The summed E-state index contributed by atoms with van der Waals surface area (Å²) in [4.78, 5) is 2.04. The van der Waals surface area contributed by atoms with Crippen molar-refractivity contribution in [2.45, 2.75) is 32.4 Å². The van der Waals surface area contributed by atoms with Crippen LogP contribution in [-0.4, -0.2) is 44.0 Å². The number of benzene rings is 1. The second kappa shape index (κ2) is 6.78. The zero-order valence-electron chi connectivity index (χ0n) is 12.6. The van der Waals surface area contributed by atoms with Crippen molar-refractivity contribution in [3.63, 3.8) is 0 Å². The topological polar surface area (TPSA) is 44.7 Å². The molecule has 0 fully saturated rings. The third-order valence-electron chi connectivity index (χ3n) is 2.98. The molecule has 1 unspecified atom stereocenters. The van der Waals surface area contributed by atoms with Crippen LogP contribution < -0.4 is 15.0 Å². The lowest BCUT2D eigenvalue weighted by molar-refractivity contribution is 0.0656. The third kappa shape index (κ3) is 5.49. The smallest absolute Gasteiger partial charge is 0.119 e. The predicted molar refractivity (Wildman–Crippen MR) is 80.0 cm³/mol. The Labute approximate surface area is 116 Å². The summed E-state index contributed by atoms with van der Waals surface area (Å²) in [5.74, 6) is 0.838. The van der Waals surface area contributed by atoms with Crippen molar-refractivity contribution in [2.75, 3.05) is 32.1 Å². The highest BCUT2D eigenvalue weighted by Crippen LogP contribution is 2.19. The number of hydrogen-bond acceptors (Lipinski definition) is 4. The molecule has 4 nitrogen and oxygen atoms in total. The lowest BCUT2D eigenvalue weighted by atomic mass is 10.1. The Kier molecular flexibility index (Phi) is 5.63. The number of nitrogens with one attached hydrogen (secondary N) is 1. The fourth-order valence-corrected chi connectivity index (χ4v) is 1.92. The first-order valence-electron chi connectivity index (χ1n) is 6.65. The van der Waals surface area contributed by atoms with Crippen LogP contribution in [0.4, 0.5) is 5.69 Å². The first kappa shape index (κ1) is 15.8. The Bertz CT molecular complexity index is 374. The van der Waals surface area contributed by atoms with E-state index in [1.165, 1.54) is 0 Å². The molecular weight excluding hydrogens is 240 g/mol. The number of rotatable bonds is 7. The maximum atomic E-state index is 10.4. The maximum absolute atomic E-state index is 10.4. The summed E-state index contributed by atoms with van der Waals surface area (Å²) in [6.07, 6.45) is 0. The molecule has 1 rings (SSSR count). The normalized spacial score (nSPS) is 14.3. The Balaban J connectivity index is 2.59. The van der Waals surface area contributed by atoms with Crippen LogP contribution in [0.25, 0.3) is 0 Å². The zero-order chi connectivity index (χ0) is 14.5. The highest BCUT2D eigenvalue weighted by Gasteiger charge is 2.22. The molecule has 19 heavy (non-hydrogen) atoms. The van der Waals surface area contributed by atoms with Gasteiger partial charge in [-0.2, -0.15) is 0 Å². The summed E-state index contributed by atoms with van der Waals surface area (Å²) in [6, 6.07) is 8.20. The number of ether oxygens (including phenoxy) is 1. The highest BCUT2D eigenvalue weighted by molar-refractivity contribution is 5.48. The SMILES string of the molecule is COc1ccc(N(C)CC(C)(O)CNC(C)C)cc1. The van der Waals surface area contributed by atoms with Gasteiger partial charge in [-0.3, -0.25) is 0 Å². The van der Waals surface area contributed by atoms with Crippen LogP contribution in [0.15, 0.2) is 24.3 Å². The van der Waals surface area contributed by atoms with Gasteiger partial charge in [0.25, 0.3) is 0 Å². The number of aliphatic hydroxyl groups is 1. The van der Waals surface area contributed by atoms with E-state index in [1.807, 2.05) is 43.1 Å². The van der Waals surface area contributed by atoms with Gasteiger partial charge in [0.2, 0.25) is 0 Å². The minimum Gasteiger partial charge on any atom is -0.497 e. The maximum Gasteiger partial charge on any atom is 0.119 e. The van der Waals surface area contributed by atoms with Gasteiger partial charge in [-0.25, -0.2) is 0 Å². The van der Waals surface area contributed by atoms with Crippen molar-refractivity contribution in [3.8, 4) is 5.75 Å². The summed E-state index contributed by atoms with van der Waals surface area (Å²) in [6.45, 7) is 7.14. The van der Waals surface area contributed by atoms with Crippen LogP contribution >= 0.6 is 0 Å². The fourth-order valence-electron chi connectivity index (χ4n) is 1.92. The number of nitrogens with zero attached hydrogens (tertiary/aromatic N) is 1. The number of anilines is 1. The largest absolute Gasteiger partial charge is 0.497 e. The van der Waals surface area contributed by atoms with Crippen molar-refractivity contribution < 1.29 is 9.84 Å². The van der Waals surface area contributed by atoms with Gasteiger partial charge in [-0.05, 0) is 31.2 Å². The second-order valence-corrected chi connectivity index (χ2v) is 5.59. The molecule has 0 aromatic heterocycles. The molecule has 0 amide bonds. The summed E-state index contributed by atoms with van der Waals surface area (Å²) in [7, 11) is 3.63. The number of likely N-dealkylation sites (N-methyl/N-ethyl adjacent to an activating group) is 1. The molecule has 0 bridgehead atoms. The van der Waals surface area contributed by atoms with Crippen molar-refractivity contribution in [1.29, 1.82) is 0 Å². The van der Waals surface area contributed by atoms with E-state index >= 15 is 0 Å². The number of hydrogen-bond donors (Lipinski definition) is 2. The Hall–Kier alpha value is -1.26. The minimum absolute atomic E-state index is 0.373. The van der Waals surface area contributed by atoms with E-state index in [0.29, 0.717) is 19.1 Å². The van der Waals surface area contributed by atoms with E-state index in [4.69, 9.17) is 4.74 Å². The predicted octanol–water partition coefficient (Wildman–Crippen LogP) is 1.88. The van der Waals surface area contributed by atoms with E-state index < -0.39 is 5.60 Å². The summed E-state index contributed by atoms with van der Waals surface area (Å²) in [5, 5.41) is 13.6. The molecule has 0 spiro atoms. The molecule has 108 valence electrons. The summed E-state index contributed by atoms with van der Waals surface area (Å²) >= 11 is 0. The lowest BCUT2D eigenvalue weighted by Crippen LogP contribution is -2.48. The third-order valence-corrected chi connectivity index (χ3v) is 2.98. The molecule has 0 saturated heterocycles. The molecule has 0 saturated carbocycles. The van der Waals surface area contributed by atoms with E-state index in [9.17, 15) is 5.11 Å². The van der Waals surface area contributed by atoms with Gasteiger partial charge in [0, 0.05) is 31.9 Å². The first-order valence-corrected chi connectivity index (χ1v) is 6.65. The quantitative estimate of drug-likeness (QED) is 0.791. The number of methoxy groups -OCH3 is 1. The van der Waals surface area contributed by atoms with Crippen molar-refractivity contribution in [3.05, 3.63) is 24.3 Å². The van der Waals surface area contributed by atoms with Crippen LogP contribution in [0.3, 0.4) is 0 Å². The van der Waals surface area contributed by atoms with Crippen molar-refractivity contribution >= 4 is 5.69 Å². The summed E-state index contributed by atoms with van der Waals surface area (Å²) < 4.78 is 5.14. The van der Waals surface area contributed by atoms with E-state index in [-0.39, 0.29) is 0 Å². The summed E-state index contributed by atoms with van der Waals surface area (Å²) in [5.41, 5.74) is 0.296. The lowest BCUT2D eigenvalue weighted by Gasteiger charge is -2.31. The standard InChI is InChI=1S/C15H26N2O2/c1-12(2)16-10-15(3,18)11-17(4)13-6-8-14(19-5)9-7-13/h6-9,12,16,18H,10-11H2,1-5H3. The van der Waals surface area contributed by atoms with Gasteiger partial charge in [-0.15, -0.1) is 0 Å². The monoisotopic (exact) mass is 266 g/mol. The van der Waals surface area contributed by atoms with Crippen LogP contribution in [0.1, 0.15) is 20.8 Å². The van der Waals surface area contributed by atoms with Gasteiger partial charge < -0.3 is 20.1 Å². The molecule has 2 N–H and O–H groups in total. The van der Waals surface area contributed by atoms with E-state index in [1.54, 1.807) is 7.11 Å². The van der Waals surface area contributed by atoms with Crippen LogP contribution in [0.2, 0.25) is 0 Å². The van der Waals surface area contributed by atoms with Gasteiger partial charge in [0.15, 0.2) is 0 Å². The van der Waals surface area contributed by atoms with E-state index in [2.05, 4.69) is 19.2 Å². The second-order valence-electron chi connectivity index (χ2n) is 5.59. The molecule has 1 aromatic rings. The molecule has 0 radical (unpaired) electrons. The molecule has 4 heteroatoms. The van der Waals surface area contributed by atoms with Crippen molar-refractivity contribution in [2.24, 2.45) is 0 Å². The van der Waals surface area contributed by atoms with Gasteiger partial charge >= 0.3 is 0 Å². The van der Waals surface area contributed by atoms with Crippen LogP contribution in [-0.2, 0) is 0 Å². The average molecular weight is 266 g/mol. The Morgan fingerprint density at radius 1 is 1.32 bits per heavy atom. The molecule has 0 aliphatic carbocycles. The van der Waals surface area contributed by atoms with Crippen LogP contribution in [0, 0.1) is 0 Å². The molecule has 0 aliphatic rings. The molecule has 0 aliphatic heterocycles. The highest BCUT2D eigenvalue weighted by atomic mass is 16.5. The zero-order valence-corrected chi connectivity index (χ0v) is 12.6. The molecule has 0 heterocycles. The van der Waals surface area contributed by atoms with Crippen molar-refractivity contribution in [1.82, 2.24) is 5.32 Å². The fraction of sp³-hybridized carbons (Fsp3) is 0.600. The van der Waals surface area contributed by atoms with Gasteiger partial charge in [0.05, 0.1) is 12.7 Å². The molecular formula is C15H26N2O2. The van der Waals surface area contributed by atoms with Crippen LogP contribution in [0.5, 0.6) is 5.75 Å². The Morgan fingerprint density at radius 2 is 1.89 bits per heavy atom. The van der Waals surface area contributed by atoms with Gasteiger partial charge in [0.1, 0.15) is 5.75 Å². The molecule has 1 aromatic carbocycles. The Morgan fingerprint density at radius 3 is 2.37 bits per heavy atom. The molecule has 1 atom stereocenters. The minimum atomic E-state index is -0.765. The first-order chi connectivity index (χ1) is 8.84. The van der Waals surface area contributed by atoms with Gasteiger partial charge in [-0.1, -0.05) is 13.8 Å².